The number of fused-ring (bicyclic) bond motifs is 1. The van der Waals surface area contributed by atoms with Gasteiger partial charge in [0.15, 0.2) is 5.78 Å². The molecule has 1 aromatic carbocycles. The second kappa shape index (κ2) is 5.57. The van der Waals surface area contributed by atoms with E-state index in [9.17, 15) is 4.79 Å². The molecule has 1 fully saturated rings. The van der Waals surface area contributed by atoms with Crippen LogP contribution in [-0.2, 0) is 18.0 Å². The summed E-state index contributed by atoms with van der Waals surface area (Å²) in [6.07, 6.45) is 4.48. The van der Waals surface area contributed by atoms with Gasteiger partial charge < -0.3 is 4.74 Å². The van der Waals surface area contributed by atoms with Crippen LogP contribution in [0.25, 0.3) is 0 Å². The minimum absolute atomic E-state index is 0.226. The van der Waals surface area contributed by atoms with E-state index in [0.29, 0.717) is 24.4 Å². The summed E-state index contributed by atoms with van der Waals surface area (Å²) >= 11 is 0. The first kappa shape index (κ1) is 14.8. The summed E-state index contributed by atoms with van der Waals surface area (Å²) in [6.45, 7) is 8.31. The molecule has 1 aliphatic heterocycles. The number of rotatable bonds is 2. The van der Waals surface area contributed by atoms with Crippen molar-refractivity contribution in [2.75, 3.05) is 0 Å². The second-order valence-electron chi connectivity index (χ2n) is 7.76. The fraction of sp³-hybridized carbons (Fsp3) is 0.632. The van der Waals surface area contributed by atoms with Gasteiger partial charge in [-0.1, -0.05) is 32.9 Å². The molecule has 0 radical (unpaired) electrons. The van der Waals surface area contributed by atoms with Crippen LogP contribution in [0.1, 0.15) is 67.9 Å². The minimum atomic E-state index is 0.226. The number of Topliss-reactive ketones (excluding diaryl/α,β-unsaturated/α-hetero) is 1. The zero-order valence-electron chi connectivity index (χ0n) is 13.4. The van der Waals surface area contributed by atoms with Gasteiger partial charge in [0.25, 0.3) is 0 Å². The summed E-state index contributed by atoms with van der Waals surface area (Å²) < 4.78 is 5.44. The first-order valence-electron chi connectivity index (χ1n) is 8.19. The van der Waals surface area contributed by atoms with Crippen molar-refractivity contribution in [3.8, 4) is 0 Å². The molecule has 1 aliphatic carbocycles. The van der Waals surface area contributed by atoms with Crippen LogP contribution >= 0.6 is 0 Å². The third kappa shape index (κ3) is 3.06. The van der Waals surface area contributed by atoms with Crippen LogP contribution in [0.4, 0.5) is 0 Å². The lowest BCUT2D eigenvalue weighted by Crippen LogP contribution is -2.28. The Morgan fingerprint density at radius 2 is 1.71 bits per heavy atom. The molecule has 2 aliphatic rings. The Labute approximate surface area is 127 Å². The van der Waals surface area contributed by atoms with Crippen LogP contribution in [0.3, 0.4) is 0 Å². The van der Waals surface area contributed by atoms with Crippen LogP contribution in [0.15, 0.2) is 18.2 Å². The van der Waals surface area contributed by atoms with E-state index in [4.69, 9.17) is 4.74 Å². The van der Waals surface area contributed by atoms with E-state index in [2.05, 4.69) is 32.9 Å². The third-order valence-electron chi connectivity index (χ3n) is 5.33. The molecule has 0 aromatic heterocycles. The van der Waals surface area contributed by atoms with Crippen molar-refractivity contribution in [1.29, 1.82) is 0 Å². The van der Waals surface area contributed by atoms with Crippen molar-refractivity contribution in [2.24, 2.45) is 17.3 Å². The Kier molecular flexibility index (Phi) is 3.92. The van der Waals surface area contributed by atoms with Crippen LogP contribution in [-0.4, -0.2) is 5.78 Å². The lowest BCUT2D eigenvalue weighted by Gasteiger charge is -2.36. The molecule has 2 nitrogen and oxygen atoms in total. The number of ether oxygens (including phenoxy) is 1. The monoisotopic (exact) mass is 286 g/mol. The highest BCUT2D eigenvalue weighted by atomic mass is 16.5. The summed E-state index contributed by atoms with van der Waals surface area (Å²) in [4.78, 5) is 12.7. The van der Waals surface area contributed by atoms with E-state index in [1.165, 1.54) is 24.0 Å². The molecule has 2 heteroatoms. The quantitative estimate of drug-likeness (QED) is 0.733. The Hall–Kier alpha value is -1.15. The van der Waals surface area contributed by atoms with Gasteiger partial charge in [0.05, 0.1) is 13.2 Å². The maximum Gasteiger partial charge on any atom is 0.165 e. The smallest absolute Gasteiger partial charge is 0.165 e. The number of carbonyl (C=O) groups is 1. The molecule has 0 unspecified atom stereocenters. The molecule has 0 bridgehead atoms. The van der Waals surface area contributed by atoms with Gasteiger partial charge in [0, 0.05) is 11.5 Å². The molecule has 0 amide bonds. The molecule has 1 aromatic rings. The summed E-state index contributed by atoms with van der Waals surface area (Å²) in [5.41, 5.74) is 3.70. The van der Waals surface area contributed by atoms with Gasteiger partial charge in [-0.05, 0) is 54.2 Å². The van der Waals surface area contributed by atoms with Crippen LogP contribution in [0.5, 0.6) is 0 Å². The van der Waals surface area contributed by atoms with E-state index < -0.39 is 0 Å². The van der Waals surface area contributed by atoms with Crippen LogP contribution in [0.2, 0.25) is 0 Å². The Balaban J connectivity index is 1.67. The van der Waals surface area contributed by atoms with E-state index in [1.54, 1.807) is 0 Å². The summed E-state index contributed by atoms with van der Waals surface area (Å²) in [5, 5.41) is 0. The second-order valence-corrected chi connectivity index (χ2v) is 7.76. The summed E-state index contributed by atoms with van der Waals surface area (Å²) in [6, 6.07) is 6.11. The van der Waals surface area contributed by atoms with Crippen molar-refractivity contribution in [3.63, 3.8) is 0 Å². The van der Waals surface area contributed by atoms with Crippen molar-refractivity contribution in [1.82, 2.24) is 0 Å². The van der Waals surface area contributed by atoms with Crippen molar-refractivity contribution >= 4 is 5.78 Å². The fourth-order valence-electron chi connectivity index (χ4n) is 3.78. The van der Waals surface area contributed by atoms with Crippen molar-refractivity contribution < 1.29 is 9.53 Å². The summed E-state index contributed by atoms with van der Waals surface area (Å²) in [5.74, 6) is 1.33. The van der Waals surface area contributed by atoms with Gasteiger partial charge >= 0.3 is 0 Å². The molecule has 21 heavy (non-hydrogen) atoms. The highest BCUT2D eigenvalue weighted by molar-refractivity contribution is 5.98. The number of hydrogen-bond acceptors (Lipinski definition) is 2. The summed E-state index contributed by atoms with van der Waals surface area (Å²) in [7, 11) is 0. The first-order valence-corrected chi connectivity index (χ1v) is 8.19. The Morgan fingerprint density at radius 3 is 2.38 bits per heavy atom. The normalized spacial score (nSPS) is 25.7. The zero-order valence-corrected chi connectivity index (χ0v) is 13.4. The number of hydrogen-bond donors (Lipinski definition) is 0. The predicted molar refractivity (Wildman–Crippen MR) is 84.2 cm³/mol. The van der Waals surface area contributed by atoms with Crippen molar-refractivity contribution in [2.45, 2.75) is 59.7 Å². The highest BCUT2D eigenvalue weighted by Crippen LogP contribution is 2.40. The van der Waals surface area contributed by atoms with Gasteiger partial charge in [-0.25, -0.2) is 0 Å². The standard InChI is InChI=1S/C19H26O2/c1-19(2,3)17-8-6-13(7-9-17)18(20)14-4-5-15-11-21-12-16(15)10-14/h4-5,10,13,17H,6-9,11-12H2,1-3H3. The third-order valence-corrected chi connectivity index (χ3v) is 5.33. The SMILES string of the molecule is CC(C)(C)C1CCC(C(=O)c2ccc3c(c2)COC3)CC1. The van der Waals surface area contributed by atoms with Gasteiger partial charge in [0.1, 0.15) is 0 Å². The molecule has 0 spiro atoms. The molecule has 1 saturated carbocycles. The first-order chi connectivity index (χ1) is 9.95. The van der Waals surface area contributed by atoms with Gasteiger partial charge in [0.2, 0.25) is 0 Å². The lowest BCUT2D eigenvalue weighted by atomic mass is 9.68. The van der Waals surface area contributed by atoms with Gasteiger partial charge in [-0.2, -0.15) is 0 Å². The zero-order chi connectivity index (χ0) is 15.0. The van der Waals surface area contributed by atoms with E-state index >= 15 is 0 Å². The van der Waals surface area contributed by atoms with Crippen LogP contribution < -0.4 is 0 Å². The number of ketones is 1. The van der Waals surface area contributed by atoms with Crippen molar-refractivity contribution in [3.05, 3.63) is 34.9 Å². The number of carbonyl (C=O) groups excluding carboxylic acids is 1. The molecular weight excluding hydrogens is 260 g/mol. The average Bonchev–Trinajstić information content (AvgIpc) is 2.93. The molecule has 114 valence electrons. The van der Waals surface area contributed by atoms with E-state index in [-0.39, 0.29) is 5.92 Å². The molecule has 0 saturated heterocycles. The average molecular weight is 286 g/mol. The van der Waals surface area contributed by atoms with Gasteiger partial charge in [-0.15, -0.1) is 0 Å². The maximum absolute atomic E-state index is 12.7. The largest absolute Gasteiger partial charge is 0.372 e. The molecule has 1 heterocycles. The van der Waals surface area contributed by atoms with Gasteiger partial charge in [-0.3, -0.25) is 4.79 Å². The predicted octanol–water partition coefficient (Wildman–Crippen LogP) is 4.75. The number of benzene rings is 1. The topological polar surface area (TPSA) is 26.3 Å². The van der Waals surface area contributed by atoms with E-state index in [1.807, 2.05) is 6.07 Å². The molecule has 0 atom stereocenters. The lowest BCUT2D eigenvalue weighted by molar-refractivity contribution is 0.0819. The van der Waals surface area contributed by atoms with Crippen LogP contribution in [0, 0.1) is 17.3 Å². The molecular formula is C19H26O2. The molecule has 3 rings (SSSR count). The highest BCUT2D eigenvalue weighted by Gasteiger charge is 2.32. The van der Waals surface area contributed by atoms with E-state index in [0.717, 1.165) is 24.3 Å². The fourth-order valence-corrected chi connectivity index (χ4v) is 3.78. The Morgan fingerprint density at radius 1 is 1.05 bits per heavy atom. The maximum atomic E-state index is 12.7. The minimum Gasteiger partial charge on any atom is -0.372 e. The molecule has 0 N–H and O–H groups in total. The Bertz CT molecular complexity index is 531.